The van der Waals surface area contributed by atoms with E-state index in [4.69, 9.17) is 5.21 Å². The fraction of sp³-hybridized carbons (Fsp3) is 0.250. The van der Waals surface area contributed by atoms with Gasteiger partial charge in [-0.1, -0.05) is 6.07 Å². The second-order valence-electron chi connectivity index (χ2n) is 2.60. The molecule has 0 aliphatic rings. The lowest BCUT2D eigenvalue weighted by molar-refractivity contribution is -0.0731. The first-order chi connectivity index (χ1) is 5.59. The minimum absolute atomic E-state index is 0.189. The van der Waals surface area contributed by atoms with Crippen molar-refractivity contribution in [3.63, 3.8) is 0 Å². The number of halogens is 1. The Kier molecular flexibility index (Phi) is 3.08. The van der Waals surface area contributed by atoms with Gasteiger partial charge < -0.3 is 10.3 Å². The summed E-state index contributed by atoms with van der Waals surface area (Å²) in [4.78, 5) is 0. The van der Waals surface area contributed by atoms with E-state index < -0.39 is 0 Å². The largest absolute Gasteiger partial charge is 0.507 e. The molecule has 1 aromatic carbocycles. The van der Waals surface area contributed by atoms with E-state index in [9.17, 15) is 5.11 Å². The normalized spacial score (nSPS) is 10.7. The summed E-state index contributed by atoms with van der Waals surface area (Å²) < 4.78 is 0.659. The fourth-order valence-electron chi connectivity index (χ4n) is 0.921. The molecular formula is C8H10BrNO2. The maximum atomic E-state index is 9.27. The molecule has 1 rings (SSSR count). The number of nitrogens with zero attached hydrogens (tertiary/aromatic N) is 1. The van der Waals surface area contributed by atoms with Gasteiger partial charge in [-0.15, -0.1) is 0 Å². The van der Waals surface area contributed by atoms with E-state index in [1.807, 2.05) is 6.07 Å². The Bertz CT molecular complexity index is 276. The third-order valence-electron chi connectivity index (χ3n) is 1.42. The highest BCUT2D eigenvalue weighted by atomic mass is 79.9. The number of hydrogen-bond donors (Lipinski definition) is 2. The van der Waals surface area contributed by atoms with Gasteiger partial charge in [0, 0.05) is 13.6 Å². The first-order valence-corrected chi connectivity index (χ1v) is 4.26. The number of hydrogen-bond acceptors (Lipinski definition) is 3. The monoisotopic (exact) mass is 231 g/mol. The molecule has 0 aliphatic heterocycles. The summed E-state index contributed by atoms with van der Waals surface area (Å²) >= 11 is 3.17. The lowest BCUT2D eigenvalue weighted by Crippen LogP contribution is -2.11. The molecule has 0 fully saturated rings. The third kappa shape index (κ3) is 2.48. The molecule has 3 nitrogen and oxygen atoms in total. The third-order valence-corrected chi connectivity index (χ3v) is 2.09. The van der Waals surface area contributed by atoms with E-state index in [0.29, 0.717) is 11.0 Å². The Labute approximate surface area is 79.3 Å². The SMILES string of the molecule is CN(O)Cc1ccc(Br)c(O)c1. The molecule has 0 bridgehead atoms. The van der Waals surface area contributed by atoms with Crippen LogP contribution in [0.2, 0.25) is 0 Å². The van der Waals surface area contributed by atoms with Gasteiger partial charge >= 0.3 is 0 Å². The zero-order valence-corrected chi connectivity index (χ0v) is 8.24. The summed E-state index contributed by atoms with van der Waals surface area (Å²) in [7, 11) is 1.55. The smallest absolute Gasteiger partial charge is 0.130 e. The second-order valence-corrected chi connectivity index (χ2v) is 3.46. The average Bonchev–Trinajstić information content (AvgIpc) is 1.96. The maximum Gasteiger partial charge on any atom is 0.130 e. The molecule has 12 heavy (non-hydrogen) atoms. The van der Waals surface area contributed by atoms with Crippen molar-refractivity contribution in [3.05, 3.63) is 28.2 Å². The molecule has 2 N–H and O–H groups in total. The summed E-state index contributed by atoms with van der Waals surface area (Å²) in [5.41, 5.74) is 0.862. The van der Waals surface area contributed by atoms with Crippen LogP contribution in [0.4, 0.5) is 0 Å². The summed E-state index contributed by atoms with van der Waals surface area (Å²) in [5, 5.41) is 19.2. The van der Waals surface area contributed by atoms with E-state index >= 15 is 0 Å². The van der Waals surface area contributed by atoms with Crippen LogP contribution in [0.25, 0.3) is 0 Å². The molecule has 0 heterocycles. The maximum absolute atomic E-state index is 9.27. The van der Waals surface area contributed by atoms with Crippen molar-refractivity contribution in [3.8, 4) is 5.75 Å². The molecule has 0 amide bonds. The van der Waals surface area contributed by atoms with Crippen LogP contribution in [0, 0.1) is 0 Å². The van der Waals surface area contributed by atoms with Gasteiger partial charge in [-0.3, -0.25) is 0 Å². The summed E-state index contributed by atoms with van der Waals surface area (Å²) in [6.45, 7) is 0.404. The standard InChI is InChI=1S/C8H10BrNO2/c1-10(12)5-6-2-3-7(9)8(11)4-6/h2-4,11-12H,5H2,1H3. The van der Waals surface area contributed by atoms with E-state index in [-0.39, 0.29) is 5.75 Å². The minimum atomic E-state index is 0.189. The number of phenols is 1. The molecule has 1 aromatic rings. The average molecular weight is 232 g/mol. The first-order valence-electron chi connectivity index (χ1n) is 3.47. The summed E-state index contributed by atoms with van der Waals surface area (Å²) in [6, 6.07) is 5.18. The predicted molar refractivity (Wildman–Crippen MR) is 49.1 cm³/mol. The van der Waals surface area contributed by atoms with Gasteiger partial charge in [0.05, 0.1) is 4.47 Å². The lowest BCUT2D eigenvalue weighted by atomic mass is 10.2. The minimum Gasteiger partial charge on any atom is -0.507 e. The highest BCUT2D eigenvalue weighted by Crippen LogP contribution is 2.24. The van der Waals surface area contributed by atoms with E-state index in [0.717, 1.165) is 10.6 Å². The molecule has 0 spiro atoms. The van der Waals surface area contributed by atoms with Crippen molar-refractivity contribution in [1.82, 2.24) is 5.06 Å². The van der Waals surface area contributed by atoms with Crippen LogP contribution in [0.3, 0.4) is 0 Å². The van der Waals surface area contributed by atoms with Crippen LogP contribution in [-0.4, -0.2) is 22.4 Å². The van der Waals surface area contributed by atoms with Crippen molar-refractivity contribution in [2.75, 3.05) is 7.05 Å². The van der Waals surface area contributed by atoms with Crippen molar-refractivity contribution in [2.45, 2.75) is 6.54 Å². The van der Waals surface area contributed by atoms with Gasteiger partial charge in [0.1, 0.15) is 5.75 Å². The highest BCUT2D eigenvalue weighted by molar-refractivity contribution is 9.10. The van der Waals surface area contributed by atoms with Crippen LogP contribution >= 0.6 is 15.9 Å². The predicted octanol–water partition coefficient (Wildman–Crippen LogP) is 1.98. The summed E-state index contributed by atoms with van der Waals surface area (Å²) in [5.74, 6) is 0.189. The molecule has 0 unspecified atom stereocenters. The van der Waals surface area contributed by atoms with Gasteiger partial charge in [0.2, 0.25) is 0 Å². The molecule has 4 heteroatoms. The second kappa shape index (κ2) is 3.89. The van der Waals surface area contributed by atoms with E-state index in [1.54, 1.807) is 19.2 Å². The van der Waals surface area contributed by atoms with Crippen LogP contribution in [0.5, 0.6) is 5.75 Å². The summed E-state index contributed by atoms with van der Waals surface area (Å²) in [6.07, 6.45) is 0. The first kappa shape index (κ1) is 9.51. The Balaban J connectivity index is 2.82. The number of benzene rings is 1. The number of phenolic OH excluding ortho intramolecular Hbond substituents is 1. The quantitative estimate of drug-likeness (QED) is 0.766. The topological polar surface area (TPSA) is 43.7 Å². The fourth-order valence-corrected chi connectivity index (χ4v) is 1.17. The molecule has 0 aliphatic carbocycles. The Morgan fingerprint density at radius 1 is 1.50 bits per heavy atom. The number of aromatic hydroxyl groups is 1. The van der Waals surface area contributed by atoms with Crippen molar-refractivity contribution < 1.29 is 10.3 Å². The zero-order valence-electron chi connectivity index (χ0n) is 6.66. The zero-order chi connectivity index (χ0) is 9.14. The van der Waals surface area contributed by atoms with E-state index in [2.05, 4.69) is 15.9 Å². The lowest BCUT2D eigenvalue weighted by Gasteiger charge is -2.08. The Hall–Kier alpha value is -0.580. The molecule has 66 valence electrons. The molecule has 0 aromatic heterocycles. The molecule has 0 atom stereocenters. The van der Waals surface area contributed by atoms with E-state index in [1.165, 1.54) is 0 Å². The van der Waals surface area contributed by atoms with Gasteiger partial charge in [-0.25, -0.2) is 0 Å². The van der Waals surface area contributed by atoms with Crippen LogP contribution < -0.4 is 0 Å². The van der Waals surface area contributed by atoms with Crippen LogP contribution in [0.1, 0.15) is 5.56 Å². The van der Waals surface area contributed by atoms with Gasteiger partial charge in [-0.05, 0) is 33.6 Å². The molecular weight excluding hydrogens is 222 g/mol. The molecule has 0 radical (unpaired) electrons. The number of rotatable bonds is 2. The Morgan fingerprint density at radius 2 is 2.17 bits per heavy atom. The Morgan fingerprint density at radius 3 is 2.67 bits per heavy atom. The van der Waals surface area contributed by atoms with Gasteiger partial charge in [0.15, 0.2) is 0 Å². The van der Waals surface area contributed by atoms with Gasteiger partial charge in [-0.2, -0.15) is 5.06 Å². The van der Waals surface area contributed by atoms with Crippen molar-refractivity contribution in [1.29, 1.82) is 0 Å². The van der Waals surface area contributed by atoms with Gasteiger partial charge in [0.25, 0.3) is 0 Å². The molecule has 0 saturated heterocycles. The van der Waals surface area contributed by atoms with Crippen LogP contribution in [0.15, 0.2) is 22.7 Å². The molecule has 0 saturated carbocycles. The van der Waals surface area contributed by atoms with Crippen molar-refractivity contribution in [2.24, 2.45) is 0 Å². The number of hydroxylamine groups is 2. The van der Waals surface area contributed by atoms with Crippen LogP contribution in [-0.2, 0) is 6.54 Å². The van der Waals surface area contributed by atoms with Crippen molar-refractivity contribution >= 4 is 15.9 Å². The highest BCUT2D eigenvalue weighted by Gasteiger charge is 2.00.